The average Bonchev–Trinajstić information content (AvgIpc) is 3.59. The van der Waals surface area contributed by atoms with Crippen molar-refractivity contribution in [2.24, 2.45) is 0 Å². The largest absolute Gasteiger partial charge is 0.417 e. The summed E-state index contributed by atoms with van der Waals surface area (Å²) in [6.45, 7) is -0.265. The Labute approximate surface area is 231 Å². The van der Waals surface area contributed by atoms with Crippen molar-refractivity contribution >= 4 is 41.1 Å². The minimum absolute atomic E-state index is 0.0461. The van der Waals surface area contributed by atoms with Crippen LogP contribution in [0.3, 0.4) is 0 Å². The molecule has 0 heterocycles. The van der Waals surface area contributed by atoms with Gasteiger partial charge in [0.15, 0.2) is 0 Å². The number of hydrogen-bond donors (Lipinski definition) is 2. The van der Waals surface area contributed by atoms with E-state index in [1.165, 1.54) is 6.92 Å². The highest BCUT2D eigenvalue weighted by molar-refractivity contribution is 6.42. The van der Waals surface area contributed by atoms with Crippen molar-refractivity contribution in [3.05, 3.63) is 74.3 Å². The van der Waals surface area contributed by atoms with Crippen LogP contribution in [-0.2, 0) is 11.0 Å². The van der Waals surface area contributed by atoms with Gasteiger partial charge >= 0.3 is 18.5 Å². The quantitative estimate of drug-likeness (QED) is 0.313. The van der Waals surface area contributed by atoms with Gasteiger partial charge in [-0.3, -0.25) is 9.59 Å². The molecule has 2 aromatic carbocycles. The topological polar surface area (TPSA) is 58.2 Å². The number of benzene rings is 2. The summed E-state index contributed by atoms with van der Waals surface area (Å²) in [5.74, 6) is -4.85. The van der Waals surface area contributed by atoms with E-state index >= 15 is 0 Å². The maximum atomic E-state index is 13.8. The number of carbonyl (C=O) groups excluding carboxylic acids is 2. The van der Waals surface area contributed by atoms with Crippen LogP contribution in [-0.4, -0.2) is 36.3 Å². The van der Waals surface area contributed by atoms with Crippen molar-refractivity contribution < 1.29 is 49.1 Å². The fourth-order valence-electron chi connectivity index (χ4n) is 3.82. The Hall–Kier alpha value is -2.93. The number of rotatable bonds is 7. The minimum atomic E-state index is -5.14. The Morgan fingerprint density at radius 2 is 1.62 bits per heavy atom. The Kier molecular flexibility index (Phi) is 8.81. The summed E-state index contributed by atoms with van der Waals surface area (Å²) in [7, 11) is 0. The van der Waals surface area contributed by atoms with Crippen LogP contribution in [0.5, 0.6) is 0 Å². The Morgan fingerprint density at radius 3 is 2.12 bits per heavy atom. The third-order valence-corrected chi connectivity index (χ3v) is 6.90. The highest BCUT2D eigenvalue weighted by atomic mass is 35.5. The molecule has 3 rings (SSSR count). The number of amides is 2. The Morgan fingerprint density at radius 1 is 1.00 bits per heavy atom. The zero-order chi connectivity index (χ0) is 30.3. The van der Waals surface area contributed by atoms with E-state index in [0.29, 0.717) is 18.2 Å². The lowest BCUT2D eigenvalue weighted by molar-refractivity contribution is -0.140. The highest BCUT2D eigenvalue weighted by Gasteiger charge is 2.52. The molecular formula is C25H19Cl2F9N2O2. The van der Waals surface area contributed by atoms with Crippen LogP contribution in [0.2, 0.25) is 10.0 Å². The molecule has 1 atom stereocenters. The molecule has 218 valence electrons. The van der Waals surface area contributed by atoms with Crippen molar-refractivity contribution in [1.82, 2.24) is 10.6 Å². The number of nitrogens with one attached hydrogen (secondary N) is 2. The normalized spacial score (nSPS) is 16.1. The lowest BCUT2D eigenvalue weighted by atomic mass is 9.95. The number of allylic oxidation sites excluding steroid dienone is 1. The van der Waals surface area contributed by atoms with Crippen molar-refractivity contribution in [2.75, 3.05) is 6.54 Å². The second-order valence-electron chi connectivity index (χ2n) is 9.15. The summed E-state index contributed by atoms with van der Waals surface area (Å²) in [5, 5.41) is 3.53. The minimum Gasteiger partial charge on any atom is -0.345 e. The van der Waals surface area contributed by atoms with Gasteiger partial charge < -0.3 is 10.6 Å². The number of aryl methyl sites for hydroxylation is 1. The molecule has 1 fully saturated rings. The van der Waals surface area contributed by atoms with Gasteiger partial charge in [-0.25, -0.2) is 0 Å². The standard InChI is InChI=1S/C25H19Cl2F9N2O2/c1-12-8-14(10-18(26)19(12)27)16(24(31,32)33)5-3-13-2-4-15(17(9-13)25(34,35)36)20(39)38-22(6-7-22)21(40)37-11-23(28,29)30/h2-5,8-10,16H,6-7,11H2,1H3,(H,37,40)(H,38,39). The molecule has 0 aromatic heterocycles. The first-order valence-electron chi connectivity index (χ1n) is 11.3. The molecule has 1 aliphatic carbocycles. The van der Waals surface area contributed by atoms with Crippen molar-refractivity contribution in [1.29, 1.82) is 0 Å². The molecule has 2 aromatic rings. The Bertz CT molecular complexity index is 1310. The van der Waals surface area contributed by atoms with E-state index in [9.17, 15) is 49.1 Å². The van der Waals surface area contributed by atoms with Gasteiger partial charge in [0, 0.05) is 0 Å². The van der Waals surface area contributed by atoms with E-state index < -0.39 is 59.5 Å². The molecule has 0 radical (unpaired) electrons. The smallest absolute Gasteiger partial charge is 0.345 e. The van der Waals surface area contributed by atoms with Crippen LogP contribution in [0.15, 0.2) is 36.4 Å². The SMILES string of the molecule is Cc1cc(C(C=Cc2ccc(C(=O)NC3(C(=O)NCC(F)(F)F)CC3)c(C(F)(F)F)c2)C(F)(F)F)cc(Cl)c1Cl. The second kappa shape index (κ2) is 11.2. The van der Waals surface area contributed by atoms with E-state index in [-0.39, 0.29) is 39.6 Å². The number of carbonyl (C=O) groups is 2. The molecule has 15 heteroatoms. The molecule has 2 N–H and O–H groups in total. The molecule has 1 saturated carbocycles. The van der Waals surface area contributed by atoms with Crippen LogP contribution in [0.25, 0.3) is 6.08 Å². The van der Waals surface area contributed by atoms with Crippen LogP contribution in [0.1, 0.15) is 51.4 Å². The molecule has 40 heavy (non-hydrogen) atoms. The highest BCUT2D eigenvalue weighted by Crippen LogP contribution is 2.41. The first-order chi connectivity index (χ1) is 18.2. The molecule has 1 unspecified atom stereocenters. The van der Waals surface area contributed by atoms with E-state index in [4.69, 9.17) is 23.2 Å². The lowest BCUT2D eigenvalue weighted by Gasteiger charge is -2.20. The van der Waals surface area contributed by atoms with Gasteiger partial charge in [0.2, 0.25) is 5.91 Å². The molecule has 0 aliphatic heterocycles. The summed E-state index contributed by atoms with van der Waals surface area (Å²) in [6, 6.07) is 4.24. The zero-order valence-corrected chi connectivity index (χ0v) is 21.7. The summed E-state index contributed by atoms with van der Waals surface area (Å²) < 4.78 is 120. The van der Waals surface area contributed by atoms with Crippen molar-refractivity contribution in [3.63, 3.8) is 0 Å². The predicted octanol–water partition coefficient (Wildman–Crippen LogP) is 7.62. The molecule has 2 amide bonds. The van der Waals surface area contributed by atoms with Crippen LogP contribution in [0.4, 0.5) is 39.5 Å². The number of hydrogen-bond acceptors (Lipinski definition) is 2. The second-order valence-corrected chi connectivity index (χ2v) is 9.93. The van der Waals surface area contributed by atoms with Gasteiger partial charge in [-0.1, -0.05) is 47.5 Å². The molecule has 0 bridgehead atoms. The maximum absolute atomic E-state index is 13.8. The van der Waals surface area contributed by atoms with Crippen LogP contribution < -0.4 is 10.6 Å². The summed E-state index contributed by atoms with van der Waals surface area (Å²) >= 11 is 11.8. The summed E-state index contributed by atoms with van der Waals surface area (Å²) in [4.78, 5) is 24.8. The van der Waals surface area contributed by atoms with Crippen LogP contribution in [0, 0.1) is 6.92 Å². The lowest BCUT2D eigenvalue weighted by Crippen LogP contribution is -2.51. The average molecular weight is 621 g/mol. The van der Waals surface area contributed by atoms with Gasteiger partial charge in [0.25, 0.3) is 5.91 Å². The predicted molar refractivity (Wildman–Crippen MR) is 129 cm³/mol. The third-order valence-electron chi connectivity index (χ3n) is 6.01. The maximum Gasteiger partial charge on any atom is 0.417 e. The zero-order valence-electron chi connectivity index (χ0n) is 20.2. The Balaban J connectivity index is 1.90. The van der Waals surface area contributed by atoms with Crippen molar-refractivity contribution in [3.8, 4) is 0 Å². The van der Waals surface area contributed by atoms with Gasteiger partial charge in [0.05, 0.1) is 27.1 Å². The summed E-state index contributed by atoms with van der Waals surface area (Å²) in [6.07, 6.45) is -13.5. The fraction of sp³-hybridized carbons (Fsp3) is 0.360. The number of alkyl halides is 9. The first kappa shape index (κ1) is 31.6. The van der Waals surface area contributed by atoms with Gasteiger partial charge in [-0.15, -0.1) is 0 Å². The molecule has 0 spiro atoms. The van der Waals surface area contributed by atoms with Gasteiger partial charge in [0.1, 0.15) is 12.1 Å². The first-order valence-corrected chi connectivity index (χ1v) is 12.1. The summed E-state index contributed by atoms with van der Waals surface area (Å²) in [5.41, 5.74) is -4.68. The van der Waals surface area contributed by atoms with E-state index in [1.807, 2.05) is 5.32 Å². The van der Waals surface area contributed by atoms with E-state index in [0.717, 1.165) is 24.3 Å². The van der Waals surface area contributed by atoms with Crippen molar-refractivity contribution in [2.45, 2.75) is 49.8 Å². The molecule has 1 aliphatic rings. The third kappa shape index (κ3) is 7.62. The fourth-order valence-corrected chi connectivity index (χ4v) is 4.20. The number of halogens is 11. The molecular weight excluding hydrogens is 602 g/mol. The van der Waals surface area contributed by atoms with Gasteiger partial charge in [-0.05, 0) is 54.7 Å². The monoisotopic (exact) mass is 620 g/mol. The molecule has 4 nitrogen and oxygen atoms in total. The van der Waals surface area contributed by atoms with E-state index in [1.54, 1.807) is 5.32 Å². The molecule has 0 saturated heterocycles. The van der Waals surface area contributed by atoms with Gasteiger partial charge in [-0.2, -0.15) is 39.5 Å². The van der Waals surface area contributed by atoms with Crippen LogP contribution >= 0.6 is 23.2 Å². The van der Waals surface area contributed by atoms with E-state index in [2.05, 4.69) is 0 Å².